The van der Waals surface area contributed by atoms with Gasteiger partial charge in [0.2, 0.25) is 5.88 Å². The Morgan fingerprint density at radius 2 is 2.29 bits per heavy atom. The van der Waals surface area contributed by atoms with E-state index < -0.39 is 0 Å². The van der Waals surface area contributed by atoms with Crippen molar-refractivity contribution in [2.45, 2.75) is 32.2 Å². The largest absolute Gasteiger partial charge is 0.480 e. The number of rotatable bonds is 7. The lowest BCUT2D eigenvalue weighted by Crippen LogP contribution is -2.23. The third kappa shape index (κ3) is 4.41. The minimum absolute atomic E-state index is 0.171. The zero-order valence-corrected chi connectivity index (χ0v) is 10.4. The van der Waals surface area contributed by atoms with Crippen LogP contribution in [0.25, 0.3) is 0 Å². The predicted octanol–water partition coefficient (Wildman–Crippen LogP) is 1.94. The molecule has 1 atom stereocenters. The molecule has 0 aliphatic heterocycles. The van der Waals surface area contributed by atoms with Crippen molar-refractivity contribution in [2.75, 3.05) is 13.7 Å². The summed E-state index contributed by atoms with van der Waals surface area (Å²) in [6, 6.07) is 3.92. The molecule has 1 rings (SSSR count). The van der Waals surface area contributed by atoms with Gasteiger partial charge >= 0.3 is 0 Å². The lowest BCUT2D eigenvalue weighted by atomic mass is 10.1. The van der Waals surface area contributed by atoms with Crippen LogP contribution < -0.4 is 10.1 Å². The highest BCUT2D eigenvalue weighted by Crippen LogP contribution is 2.17. The van der Waals surface area contributed by atoms with Crippen LogP contribution in [0, 0.1) is 12.3 Å². The fourth-order valence-electron chi connectivity index (χ4n) is 1.53. The molecule has 0 radical (unpaired) electrons. The van der Waals surface area contributed by atoms with Crippen LogP contribution in [0.4, 0.5) is 0 Å². The van der Waals surface area contributed by atoms with Crippen LogP contribution in [0.5, 0.6) is 5.88 Å². The number of nitrogens with zero attached hydrogens (tertiary/aromatic N) is 2. The van der Waals surface area contributed by atoms with E-state index in [1.165, 1.54) is 0 Å². The molecule has 1 aromatic rings. The molecule has 92 valence electrons. The summed E-state index contributed by atoms with van der Waals surface area (Å²) in [6.45, 7) is 3.08. The van der Waals surface area contributed by atoms with Crippen molar-refractivity contribution in [3.63, 3.8) is 0 Å². The van der Waals surface area contributed by atoms with Gasteiger partial charge in [-0.1, -0.05) is 6.92 Å². The minimum atomic E-state index is 0.171. The number of methoxy groups -OCH3 is 1. The number of ether oxygens (including phenoxy) is 1. The average molecular weight is 233 g/mol. The highest BCUT2D eigenvalue weighted by molar-refractivity contribution is 5.14. The molecule has 1 heterocycles. The molecule has 1 N–H and O–H groups in total. The molecule has 1 unspecified atom stereocenters. The van der Waals surface area contributed by atoms with Gasteiger partial charge in [-0.2, -0.15) is 5.10 Å². The molecule has 4 nitrogen and oxygen atoms in total. The predicted molar refractivity (Wildman–Crippen MR) is 67.7 cm³/mol. The SMILES string of the molecule is C#CCCC(NCCC)c1ccc(OC)nn1. The third-order valence-corrected chi connectivity index (χ3v) is 2.44. The maximum Gasteiger partial charge on any atom is 0.233 e. The van der Waals surface area contributed by atoms with Crippen LogP contribution in [0.1, 0.15) is 37.9 Å². The summed E-state index contributed by atoms with van der Waals surface area (Å²) < 4.78 is 4.98. The van der Waals surface area contributed by atoms with Crippen molar-refractivity contribution in [3.05, 3.63) is 17.8 Å². The molecule has 0 saturated heterocycles. The lowest BCUT2D eigenvalue weighted by molar-refractivity contribution is 0.388. The van der Waals surface area contributed by atoms with Crippen molar-refractivity contribution < 1.29 is 4.74 Å². The molecule has 0 amide bonds. The molecule has 0 aromatic carbocycles. The first-order valence-electron chi connectivity index (χ1n) is 5.86. The number of hydrogen-bond acceptors (Lipinski definition) is 4. The molecule has 0 aliphatic rings. The first-order chi connectivity index (χ1) is 8.31. The number of aromatic nitrogens is 2. The Morgan fingerprint density at radius 3 is 2.82 bits per heavy atom. The average Bonchev–Trinajstić information content (AvgIpc) is 2.39. The Morgan fingerprint density at radius 1 is 1.47 bits per heavy atom. The van der Waals surface area contributed by atoms with Gasteiger partial charge < -0.3 is 10.1 Å². The lowest BCUT2D eigenvalue weighted by Gasteiger charge is -2.16. The van der Waals surface area contributed by atoms with Gasteiger partial charge in [-0.3, -0.25) is 0 Å². The van der Waals surface area contributed by atoms with E-state index in [1.54, 1.807) is 7.11 Å². The molecule has 0 bridgehead atoms. The normalized spacial score (nSPS) is 11.8. The molecule has 17 heavy (non-hydrogen) atoms. The molecule has 1 aromatic heterocycles. The van der Waals surface area contributed by atoms with Crippen LogP contribution in [0.15, 0.2) is 12.1 Å². The van der Waals surface area contributed by atoms with Gasteiger partial charge in [-0.05, 0) is 25.5 Å². The smallest absolute Gasteiger partial charge is 0.233 e. The van der Waals surface area contributed by atoms with Crippen LogP contribution in [0.3, 0.4) is 0 Å². The van der Waals surface area contributed by atoms with E-state index >= 15 is 0 Å². The molecular formula is C13H19N3O. The van der Waals surface area contributed by atoms with Crippen LogP contribution in [0.2, 0.25) is 0 Å². The minimum Gasteiger partial charge on any atom is -0.480 e. The molecule has 0 spiro atoms. The zero-order valence-electron chi connectivity index (χ0n) is 10.4. The number of hydrogen-bond donors (Lipinski definition) is 1. The summed E-state index contributed by atoms with van der Waals surface area (Å²) in [7, 11) is 1.58. The Labute approximate surface area is 103 Å². The topological polar surface area (TPSA) is 47.0 Å². The standard InChI is InChI=1S/C13H19N3O/c1-4-6-7-11(14-10-5-2)12-8-9-13(17-3)16-15-12/h1,8-9,11,14H,5-7,10H2,2-3H3. The summed E-state index contributed by atoms with van der Waals surface area (Å²) >= 11 is 0. The van der Waals surface area contributed by atoms with E-state index in [2.05, 4.69) is 28.4 Å². The quantitative estimate of drug-likeness (QED) is 0.731. The maximum atomic E-state index is 5.30. The Kier molecular flexibility index (Phi) is 6.05. The van der Waals surface area contributed by atoms with Crippen molar-refractivity contribution in [2.24, 2.45) is 0 Å². The van der Waals surface area contributed by atoms with Crippen molar-refractivity contribution >= 4 is 0 Å². The summed E-state index contributed by atoms with van der Waals surface area (Å²) in [6.07, 6.45) is 7.98. The van der Waals surface area contributed by atoms with Crippen molar-refractivity contribution in [1.82, 2.24) is 15.5 Å². The van der Waals surface area contributed by atoms with Crippen LogP contribution in [-0.4, -0.2) is 23.9 Å². The van der Waals surface area contributed by atoms with E-state index in [-0.39, 0.29) is 6.04 Å². The first kappa shape index (κ1) is 13.5. The van der Waals surface area contributed by atoms with Crippen LogP contribution >= 0.6 is 0 Å². The van der Waals surface area contributed by atoms with Gasteiger partial charge in [-0.15, -0.1) is 17.4 Å². The molecule has 0 saturated carbocycles. The molecule has 4 heteroatoms. The second-order valence-electron chi connectivity index (χ2n) is 3.75. The van der Waals surface area contributed by atoms with Gasteiger partial charge in [0, 0.05) is 12.5 Å². The monoisotopic (exact) mass is 233 g/mol. The second kappa shape index (κ2) is 7.64. The van der Waals surface area contributed by atoms with Gasteiger partial charge in [0.05, 0.1) is 18.8 Å². The third-order valence-electron chi connectivity index (χ3n) is 2.44. The van der Waals surface area contributed by atoms with E-state index in [4.69, 9.17) is 11.2 Å². The Balaban J connectivity index is 2.69. The van der Waals surface area contributed by atoms with E-state index in [0.29, 0.717) is 5.88 Å². The number of nitrogens with one attached hydrogen (secondary N) is 1. The number of terminal acetylenes is 1. The van der Waals surface area contributed by atoms with Crippen molar-refractivity contribution in [1.29, 1.82) is 0 Å². The van der Waals surface area contributed by atoms with E-state index in [9.17, 15) is 0 Å². The van der Waals surface area contributed by atoms with Crippen molar-refractivity contribution in [3.8, 4) is 18.2 Å². The van der Waals surface area contributed by atoms with Crippen LogP contribution in [-0.2, 0) is 0 Å². The van der Waals surface area contributed by atoms with Gasteiger partial charge in [-0.25, -0.2) is 0 Å². The summed E-state index contributed by atoms with van der Waals surface area (Å²) in [5, 5.41) is 11.5. The fourth-order valence-corrected chi connectivity index (χ4v) is 1.53. The summed E-state index contributed by atoms with van der Waals surface area (Å²) in [5.41, 5.74) is 0.912. The fraction of sp³-hybridized carbons (Fsp3) is 0.538. The highest BCUT2D eigenvalue weighted by atomic mass is 16.5. The summed E-state index contributed by atoms with van der Waals surface area (Å²) in [4.78, 5) is 0. The van der Waals surface area contributed by atoms with E-state index in [1.807, 2.05) is 12.1 Å². The second-order valence-corrected chi connectivity index (χ2v) is 3.75. The Hall–Kier alpha value is -1.60. The van der Waals surface area contributed by atoms with Gasteiger partial charge in [0.1, 0.15) is 0 Å². The molecule has 0 aliphatic carbocycles. The molecule has 0 fully saturated rings. The zero-order chi connectivity index (χ0) is 12.5. The highest BCUT2D eigenvalue weighted by Gasteiger charge is 2.12. The van der Waals surface area contributed by atoms with Gasteiger partial charge in [0.25, 0.3) is 0 Å². The van der Waals surface area contributed by atoms with E-state index in [0.717, 1.165) is 31.5 Å². The molecular weight excluding hydrogens is 214 g/mol. The first-order valence-corrected chi connectivity index (χ1v) is 5.86. The summed E-state index contributed by atoms with van der Waals surface area (Å²) in [5.74, 6) is 3.18. The maximum absolute atomic E-state index is 5.30. The Bertz CT molecular complexity index is 356. The van der Waals surface area contributed by atoms with Gasteiger partial charge in [0.15, 0.2) is 0 Å².